The Balaban J connectivity index is 1.45. The third-order valence-corrected chi connectivity index (χ3v) is 5.49. The minimum atomic E-state index is 0.270. The van der Waals surface area contributed by atoms with Crippen molar-refractivity contribution in [3.05, 3.63) is 71.3 Å². The fourth-order valence-electron chi connectivity index (χ4n) is 4.15. The molecule has 24 heavy (non-hydrogen) atoms. The number of likely N-dealkylation sites (tertiary alicyclic amines) is 1. The van der Waals surface area contributed by atoms with E-state index in [0.717, 1.165) is 32.0 Å². The SMILES string of the molecule is CCOc1ccccc1CN1CCC2(C=Cc3ccccc32)CC1. The van der Waals surface area contributed by atoms with Gasteiger partial charge in [0.2, 0.25) is 0 Å². The minimum Gasteiger partial charge on any atom is -0.494 e. The second-order valence-electron chi connectivity index (χ2n) is 6.89. The number of nitrogens with zero attached hydrogens (tertiary/aromatic N) is 1. The van der Waals surface area contributed by atoms with Crippen molar-refractivity contribution in [2.75, 3.05) is 19.7 Å². The summed E-state index contributed by atoms with van der Waals surface area (Å²) in [5.41, 5.74) is 4.51. The summed E-state index contributed by atoms with van der Waals surface area (Å²) in [6.45, 7) is 6.03. The summed E-state index contributed by atoms with van der Waals surface area (Å²) in [7, 11) is 0. The molecule has 2 aliphatic rings. The van der Waals surface area contributed by atoms with Crippen LogP contribution in [0.1, 0.15) is 36.5 Å². The molecular formula is C22H25NO. The van der Waals surface area contributed by atoms with Crippen molar-refractivity contribution in [2.24, 2.45) is 0 Å². The Labute approximate surface area is 144 Å². The smallest absolute Gasteiger partial charge is 0.123 e. The molecule has 1 fully saturated rings. The summed E-state index contributed by atoms with van der Waals surface area (Å²) in [4.78, 5) is 2.57. The zero-order valence-corrected chi connectivity index (χ0v) is 14.4. The fraction of sp³-hybridized carbons (Fsp3) is 0.364. The number of fused-ring (bicyclic) bond motifs is 2. The maximum absolute atomic E-state index is 5.78. The molecule has 0 saturated carbocycles. The molecule has 124 valence electrons. The zero-order chi connectivity index (χ0) is 16.4. The van der Waals surface area contributed by atoms with Crippen LogP contribution in [-0.2, 0) is 12.0 Å². The molecule has 0 atom stereocenters. The van der Waals surface area contributed by atoms with E-state index in [9.17, 15) is 0 Å². The first kappa shape index (κ1) is 15.5. The van der Waals surface area contributed by atoms with Crippen LogP contribution >= 0.6 is 0 Å². The molecule has 1 saturated heterocycles. The number of rotatable bonds is 4. The van der Waals surface area contributed by atoms with Crippen LogP contribution in [0.2, 0.25) is 0 Å². The van der Waals surface area contributed by atoms with Crippen LogP contribution in [0.15, 0.2) is 54.6 Å². The number of para-hydroxylation sites is 1. The van der Waals surface area contributed by atoms with Gasteiger partial charge in [-0.3, -0.25) is 4.90 Å². The van der Waals surface area contributed by atoms with E-state index in [0.29, 0.717) is 0 Å². The Bertz CT molecular complexity index is 741. The van der Waals surface area contributed by atoms with E-state index in [1.807, 2.05) is 6.92 Å². The molecule has 2 aromatic carbocycles. The summed E-state index contributed by atoms with van der Waals surface area (Å²) >= 11 is 0. The standard InChI is InChI=1S/C22H25NO/c1-2-24-21-10-6-4-8-19(21)17-23-15-13-22(14-16-23)12-11-18-7-3-5-9-20(18)22/h3-12H,2,13-17H2,1H3. The van der Waals surface area contributed by atoms with Crippen LogP contribution in [0.25, 0.3) is 6.08 Å². The molecule has 2 nitrogen and oxygen atoms in total. The average molecular weight is 319 g/mol. The van der Waals surface area contributed by atoms with E-state index < -0.39 is 0 Å². The summed E-state index contributed by atoms with van der Waals surface area (Å²) in [6.07, 6.45) is 7.17. The lowest BCUT2D eigenvalue weighted by Crippen LogP contribution is -2.40. The van der Waals surface area contributed by atoms with Crippen LogP contribution < -0.4 is 4.74 Å². The largest absolute Gasteiger partial charge is 0.494 e. The molecule has 0 aromatic heterocycles. The predicted molar refractivity (Wildman–Crippen MR) is 99.3 cm³/mol. The molecule has 1 aliphatic heterocycles. The van der Waals surface area contributed by atoms with Gasteiger partial charge >= 0.3 is 0 Å². The van der Waals surface area contributed by atoms with Gasteiger partial charge in [-0.15, -0.1) is 0 Å². The quantitative estimate of drug-likeness (QED) is 0.813. The van der Waals surface area contributed by atoms with Gasteiger partial charge in [-0.25, -0.2) is 0 Å². The van der Waals surface area contributed by atoms with E-state index in [2.05, 4.69) is 65.6 Å². The van der Waals surface area contributed by atoms with E-state index in [1.54, 1.807) is 0 Å². The highest BCUT2D eigenvalue weighted by Gasteiger charge is 2.37. The van der Waals surface area contributed by atoms with Crippen molar-refractivity contribution in [3.63, 3.8) is 0 Å². The highest BCUT2D eigenvalue weighted by molar-refractivity contribution is 5.65. The van der Waals surface area contributed by atoms with Crippen LogP contribution in [0.4, 0.5) is 0 Å². The Kier molecular flexibility index (Phi) is 4.15. The van der Waals surface area contributed by atoms with Gasteiger partial charge in [0.15, 0.2) is 0 Å². The average Bonchev–Trinajstić information content (AvgIpc) is 2.98. The van der Waals surface area contributed by atoms with Crippen molar-refractivity contribution in [3.8, 4) is 5.75 Å². The van der Waals surface area contributed by atoms with E-state index in [1.165, 1.54) is 29.5 Å². The van der Waals surface area contributed by atoms with Gasteiger partial charge in [0.25, 0.3) is 0 Å². The molecule has 1 heterocycles. The third-order valence-electron chi connectivity index (χ3n) is 5.49. The zero-order valence-electron chi connectivity index (χ0n) is 14.4. The van der Waals surface area contributed by atoms with Gasteiger partial charge in [-0.1, -0.05) is 54.6 Å². The van der Waals surface area contributed by atoms with Crippen molar-refractivity contribution < 1.29 is 4.74 Å². The third kappa shape index (κ3) is 2.76. The molecular weight excluding hydrogens is 294 g/mol. The first-order valence-corrected chi connectivity index (χ1v) is 9.02. The molecule has 0 radical (unpaired) electrons. The van der Waals surface area contributed by atoms with Gasteiger partial charge in [-0.05, 0) is 50.0 Å². The lowest BCUT2D eigenvalue weighted by Gasteiger charge is -2.39. The van der Waals surface area contributed by atoms with Gasteiger partial charge in [0, 0.05) is 17.5 Å². The fourth-order valence-corrected chi connectivity index (χ4v) is 4.15. The van der Waals surface area contributed by atoms with Gasteiger partial charge in [-0.2, -0.15) is 0 Å². The summed E-state index contributed by atoms with van der Waals surface area (Å²) in [5.74, 6) is 1.03. The van der Waals surface area contributed by atoms with Crippen molar-refractivity contribution in [2.45, 2.75) is 31.7 Å². The van der Waals surface area contributed by atoms with E-state index in [-0.39, 0.29) is 5.41 Å². The van der Waals surface area contributed by atoms with Crippen molar-refractivity contribution in [1.29, 1.82) is 0 Å². The summed E-state index contributed by atoms with van der Waals surface area (Å²) < 4.78 is 5.78. The van der Waals surface area contributed by atoms with Gasteiger partial charge < -0.3 is 4.74 Å². The van der Waals surface area contributed by atoms with Gasteiger partial charge in [0.1, 0.15) is 5.75 Å². The normalized spacial score (nSPS) is 18.7. The Morgan fingerprint density at radius 1 is 1.00 bits per heavy atom. The summed E-state index contributed by atoms with van der Waals surface area (Å²) in [5, 5.41) is 0. The monoisotopic (exact) mass is 319 g/mol. The second-order valence-corrected chi connectivity index (χ2v) is 6.89. The lowest BCUT2D eigenvalue weighted by atomic mass is 9.74. The number of ether oxygens (including phenoxy) is 1. The van der Waals surface area contributed by atoms with Crippen LogP contribution in [0.5, 0.6) is 5.75 Å². The Morgan fingerprint density at radius 3 is 2.58 bits per heavy atom. The number of hydrogen-bond acceptors (Lipinski definition) is 2. The number of allylic oxidation sites excluding steroid dienone is 1. The molecule has 0 N–H and O–H groups in total. The highest BCUT2D eigenvalue weighted by Crippen LogP contribution is 2.43. The van der Waals surface area contributed by atoms with Crippen LogP contribution in [-0.4, -0.2) is 24.6 Å². The first-order chi connectivity index (χ1) is 11.8. The number of piperidine rings is 1. The van der Waals surface area contributed by atoms with Crippen molar-refractivity contribution >= 4 is 6.08 Å². The summed E-state index contributed by atoms with van der Waals surface area (Å²) in [6, 6.07) is 17.3. The minimum absolute atomic E-state index is 0.270. The number of hydrogen-bond donors (Lipinski definition) is 0. The Hall–Kier alpha value is -2.06. The molecule has 2 aromatic rings. The lowest BCUT2D eigenvalue weighted by molar-refractivity contribution is 0.175. The Morgan fingerprint density at radius 2 is 1.75 bits per heavy atom. The second kappa shape index (κ2) is 6.45. The van der Waals surface area contributed by atoms with Crippen LogP contribution in [0, 0.1) is 0 Å². The predicted octanol–water partition coefficient (Wildman–Crippen LogP) is 4.65. The molecule has 1 spiro atoms. The molecule has 0 bridgehead atoms. The maximum atomic E-state index is 5.78. The molecule has 0 unspecified atom stereocenters. The molecule has 4 rings (SSSR count). The maximum Gasteiger partial charge on any atom is 0.123 e. The number of benzene rings is 2. The van der Waals surface area contributed by atoms with Crippen molar-refractivity contribution in [1.82, 2.24) is 4.90 Å². The molecule has 1 aliphatic carbocycles. The van der Waals surface area contributed by atoms with Crippen LogP contribution in [0.3, 0.4) is 0 Å². The topological polar surface area (TPSA) is 12.5 Å². The highest BCUT2D eigenvalue weighted by atomic mass is 16.5. The molecule has 2 heteroatoms. The first-order valence-electron chi connectivity index (χ1n) is 9.02. The van der Waals surface area contributed by atoms with Gasteiger partial charge in [0.05, 0.1) is 6.61 Å². The van der Waals surface area contributed by atoms with E-state index >= 15 is 0 Å². The molecule has 0 amide bonds. The van der Waals surface area contributed by atoms with E-state index in [4.69, 9.17) is 4.74 Å².